The Labute approximate surface area is 216 Å². The molecule has 1 fully saturated rings. The van der Waals surface area contributed by atoms with Gasteiger partial charge in [0.05, 0.1) is 36.1 Å². The molecule has 0 radical (unpaired) electrons. The molecule has 1 amide bonds. The molecule has 186 valence electrons. The molecule has 1 atom stereocenters. The molecule has 10 heteroatoms. The Morgan fingerprint density at radius 2 is 1.78 bits per heavy atom. The number of likely N-dealkylation sites (tertiary alicyclic amines) is 1. The van der Waals surface area contributed by atoms with Crippen LogP contribution in [-0.2, 0) is 16.0 Å². The summed E-state index contributed by atoms with van der Waals surface area (Å²) >= 11 is 12.7. The van der Waals surface area contributed by atoms with Crippen molar-refractivity contribution in [1.29, 1.82) is 0 Å². The Balaban J connectivity index is 1.85. The van der Waals surface area contributed by atoms with Crippen molar-refractivity contribution in [1.82, 2.24) is 9.88 Å². The molecule has 0 aliphatic carbocycles. The summed E-state index contributed by atoms with van der Waals surface area (Å²) in [5.74, 6) is -2.44. The number of hydrogen-bond donors (Lipinski definition) is 1. The Morgan fingerprint density at radius 3 is 2.39 bits per heavy atom. The lowest BCUT2D eigenvalue weighted by Crippen LogP contribution is -2.32. The van der Waals surface area contributed by atoms with Crippen molar-refractivity contribution in [2.24, 2.45) is 0 Å². The van der Waals surface area contributed by atoms with Gasteiger partial charge in [0.1, 0.15) is 22.6 Å². The van der Waals surface area contributed by atoms with Crippen LogP contribution in [0.5, 0.6) is 11.5 Å². The van der Waals surface area contributed by atoms with Crippen molar-refractivity contribution in [2.75, 3.05) is 20.8 Å². The quantitative estimate of drug-likeness (QED) is 0.256. The Morgan fingerprint density at radius 1 is 1.08 bits per heavy atom. The highest BCUT2D eigenvalue weighted by molar-refractivity contribution is 6.47. The summed E-state index contributed by atoms with van der Waals surface area (Å²) in [6, 6.07) is 11.3. The first-order valence-corrected chi connectivity index (χ1v) is 11.6. The lowest BCUT2D eigenvalue weighted by molar-refractivity contribution is -0.139. The molecule has 2 aromatic carbocycles. The number of ether oxygens (including phenoxy) is 2. The number of methoxy groups -OCH3 is 2. The van der Waals surface area contributed by atoms with Crippen LogP contribution >= 0.6 is 23.2 Å². The SMILES string of the molecule is COc1c(Cl)cc(/C(O)=C2\C(=O)C(=O)N(CCc3ccc(F)cc3)C2c2ccccn2)c(OC)c1Cl. The minimum Gasteiger partial charge on any atom is -0.507 e. The number of hydrogen-bond acceptors (Lipinski definition) is 6. The number of Topliss-reactive ketones (excluding diaryl/α,β-unsaturated/α-hetero) is 1. The standard InChI is InChI=1S/C26H21Cl2FN2O5/c1-35-24-16(13-17(27)25(36-2)20(24)28)22(32)19-21(18-5-3-4-11-30-18)31(26(34)23(19)33)12-10-14-6-8-15(29)9-7-14/h3-9,11,13,21,32H,10,12H2,1-2H3/b22-19+. The summed E-state index contributed by atoms with van der Waals surface area (Å²) in [6.45, 7) is 0.121. The summed E-state index contributed by atoms with van der Waals surface area (Å²) in [4.78, 5) is 32.0. The largest absolute Gasteiger partial charge is 0.507 e. The zero-order valence-corrected chi connectivity index (χ0v) is 20.8. The number of aliphatic hydroxyl groups is 1. The monoisotopic (exact) mass is 530 g/mol. The number of aromatic nitrogens is 1. The summed E-state index contributed by atoms with van der Waals surface area (Å²) < 4.78 is 23.9. The van der Waals surface area contributed by atoms with Crippen LogP contribution in [0.1, 0.15) is 22.9 Å². The van der Waals surface area contributed by atoms with E-state index in [1.807, 2.05) is 0 Å². The second kappa shape index (κ2) is 10.6. The van der Waals surface area contributed by atoms with Crippen LogP contribution in [0, 0.1) is 5.82 Å². The maximum Gasteiger partial charge on any atom is 0.295 e. The molecule has 1 aliphatic rings. The van der Waals surface area contributed by atoms with Gasteiger partial charge < -0.3 is 19.5 Å². The third kappa shape index (κ3) is 4.62. The van der Waals surface area contributed by atoms with Gasteiger partial charge >= 0.3 is 0 Å². The molecular formula is C26H21Cl2FN2O5. The van der Waals surface area contributed by atoms with Crippen LogP contribution in [0.4, 0.5) is 4.39 Å². The second-order valence-corrected chi connectivity index (χ2v) is 8.70. The van der Waals surface area contributed by atoms with Crippen LogP contribution in [-0.4, -0.2) is 47.4 Å². The van der Waals surface area contributed by atoms with Gasteiger partial charge in [0.2, 0.25) is 0 Å². The third-order valence-corrected chi connectivity index (χ3v) is 6.48. The van der Waals surface area contributed by atoms with Crippen LogP contribution in [0.3, 0.4) is 0 Å². The van der Waals surface area contributed by atoms with E-state index >= 15 is 0 Å². The number of ketones is 1. The molecule has 1 saturated heterocycles. The van der Waals surface area contributed by atoms with E-state index in [1.165, 1.54) is 43.5 Å². The molecule has 0 bridgehead atoms. The Hall–Kier alpha value is -3.62. The molecule has 0 spiro atoms. The molecule has 1 N–H and O–H groups in total. The van der Waals surface area contributed by atoms with Gasteiger partial charge in [0.15, 0.2) is 11.5 Å². The molecule has 1 aliphatic heterocycles. The average Bonchev–Trinajstić information content (AvgIpc) is 3.13. The fraction of sp³-hybridized carbons (Fsp3) is 0.192. The second-order valence-electron chi connectivity index (χ2n) is 7.91. The molecule has 2 heterocycles. The minimum absolute atomic E-state index is 0.00558. The number of carbonyl (C=O) groups excluding carboxylic acids is 2. The van der Waals surface area contributed by atoms with Crippen molar-refractivity contribution >= 4 is 40.7 Å². The number of amides is 1. The van der Waals surface area contributed by atoms with Crippen LogP contribution in [0.15, 0.2) is 60.3 Å². The van der Waals surface area contributed by atoms with Gasteiger partial charge in [-0.3, -0.25) is 14.6 Å². The Bertz CT molecular complexity index is 1350. The van der Waals surface area contributed by atoms with Crippen molar-refractivity contribution in [3.8, 4) is 11.5 Å². The van der Waals surface area contributed by atoms with Crippen molar-refractivity contribution in [2.45, 2.75) is 12.5 Å². The fourth-order valence-corrected chi connectivity index (χ4v) is 4.84. The number of benzene rings is 2. The number of aliphatic hydroxyl groups excluding tert-OH is 1. The van der Waals surface area contributed by atoms with E-state index in [0.717, 1.165) is 5.56 Å². The number of halogens is 3. The molecule has 1 aromatic heterocycles. The summed E-state index contributed by atoms with van der Waals surface area (Å²) in [7, 11) is 2.71. The lowest BCUT2D eigenvalue weighted by Gasteiger charge is -2.25. The normalized spacial score (nSPS) is 16.9. The van der Waals surface area contributed by atoms with Gasteiger partial charge in [0, 0.05) is 12.7 Å². The zero-order valence-electron chi connectivity index (χ0n) is 19.3. The number of rotatable bonds is 7. The number of nitrogens with zero attached hydrogens (tertiary/aromatic N) is 2. The van der Waals surface area contributed by atoms with Gasteiger partial charge in [-0.05, 0) is 42.3 Å². The molecule has 4 rings (SSSR count). The maximum atomic E-state index is 13.3. The third-order valence-electron chi connectivity index (χ3n) is 5.86. The van der Waals surface area contributed by atoms with Crippen molar-refractivity contribution in [3.05, 3.63) is 93.0 Å². The molecule has 36 heavy (non-hydrogen) atoms. The van der Waals surface area contributed by atoms with E-state index in [4.69, 9.17) is 32.7 Å². The Kier molecular flexibility index (Phi) is 7.47. The molecule has 3 aromatic rings. The molecule has 7 nitrogen and oxygen atoms in total. The van der Waals surface area contributed by atoms with Gasteiger partial charge in [-0.15, -0.1) is 0 Å². The summed E-state index contributed by atoms with van der Waals surface area (Å²) in [5.41, 5.74) is 0.981. The predicted molar refractivity (Wildman–Crippen MR) is 133 cm³/mol. The maximum absolute atomic E-state index is 13.3. The number of pyridine rings is 1. The van der Waals surface area contributed by atoms with E-state index in [1.54, 1.807) is 30.3 Å². The first-order chi connectivity index (χ1) is 17.3. The smallest absolute Gasteiger partial charge is 0.295 e. The highest BCUT2D eigenvalue weighted by Crippen LogP contribution is 2.47. The van der Waals surface area contributed by atoms with Gasteiger partial charge in [-0.1, -0.05) is 41.4 Å². The molecular weight excluding hydrogens is 510 g/mol. The highest BCUT2D eigenvalue weighted by Gasteiger charge is 2.47. The van der Waals surface area contributed by atoms with Crippen molar-refractivity contribution in [3.63, 3.8) is 0 Å². The van der Waals surface area contributed by atoms with E-state index < -0.39 is 23.5 Å². The topological polar surface area (TPSA) is 89.0 Å². The lowest BCUT2D eigenvalue weighted by atomic mass is 9.97. The van der Waals surface area contributed by atoms with Crippen LogP contribution in [0.2, 0.25) is 10.0 Å². The van der Waals surface area contributed by atoms with E-state index in [0.29, 0.717) is 12.1 Å². The van der Waals surface area contributed by atoms with E-state index in [2.05, 4.69) is 4.98 Å². The van der Waals surface area contributed by atoms with Gasteiger partial charge in [-0.2, -0.15) is 0 Å². The zero-order chi connectivity index (χ0) is 26.0. The van der Waals surface area contributed by atoms with Crippen molar-refractivity contribution < 1.29 is 28.6 Å². The summed E-state index contributed by atoms with van der Waals surface area (Å²) in [5, 5.41) is 11.4. The minimum atomic E-state index is -0.990. The highest BCUT2D eigenvalue weighted by atomic mass is 35.5. The molecule has 0 saturated carbocycles. The summed E-state index contributed by atoms with van der Waals surface area (Å²) in [6.07, 6.45) is 1.87. The van der Waals surface area contributed by atoms with Gasteiger partial charge in [0.25, 0.3) is 11.7 Å². The van der Waals surface area contributed by atoms with Gasteiger partial charge in [-0.25, -0.2) is 4.39 Å². The van der Waals surface area contributed by atoms with Crippen LogP contribution < -0.4 is 9.47 Å². The fourth-order valence-electron chi connectivity index (χ4n) is 4.15. The average molecular weight is 531 g/mol. The first-order valence-electron chi connectivity index (χ1n) is 10.8. The first kappa shape index (κ1) is 25.5. The van der Waals surface area contributed by atoms with E-state index in [9.17, 15) is 19.1 Å². The molecule has 1 unspecified atom stereocenters. The predicted octanol–water partition coefficient (Wildman–Crippen LogP) is 5.21. The number of carbonyl (C=O) groups is 2. The van der Waals surface area contributed by atoms with Crippen LogP contribution in [0.25, 0.3) is 5.76 Å². The van der Waals surface area contributed by atoms with E-state index in [-0.39, 0.29) is 45.0 Å².